The Kier molecular flexibility index (Phi) is 4.37. The number of nitrogen functional groups attached to an aromatic ring is 1. The minimum absolute atomic E-state index is 0.284. The highest BCUT2D eigenvalue weighted by Crippen LogP contribution is 2.58. The summed E-state index contributed by atoms with van der Waals surface area (Å²) < 4.78 is 0. The molecule has 0 amide bonds. The number of aromatic nitrogens is 2. The number of hydrogen-bond acceptors (Lipinski definition) is 4. The molecule has 4 rings (SSSR count). The van der Waals surface area contributed by atoms with Crippen LogP contribution in [-0.4, -0.2) is 10.2 Å². The Bertz CT molecular complexity index is 811. The van der Waals surface area contributed by atoms with Crippen LogP contribution in [-0.2, 0) is 18.3 Å². The summed E-state index contributed by atoms with van der Waals surface area (Å²) in [5, 5.41) is 10.1. The lowest BCUT2D eigenvalue weighted by Crippen LogP contribution is -2.50. The van der Waals surface area contributed by atoms with Crippen LogP contribution in [0.25, 0.3) is 0 Å². The maximum Gasteiger partial charge on any atom is 0.203 e. The zero-order valence-corrected chi connectivity index (χ0v) is 17.3. The summed E-state index contributed by atoms with van der Waals surface area (Å²) in [5.41, 5.74) is 11.1. The first-order chi connectivity index (χ1) is 12.3. The molecule has 1 heterocycles. The number of aryl methyl sites for hydroxylation is 1. The summed E-state index contributed by atoms with van der Waals surface area (Å²) in [6.45, 7) is 9.59. The standard InChI is InChI=1S/C22H31N3S/c1-14(2)15-6-8-17-16(12-15)7-9-18-21(3,10-5-11-22(17,18)4)13-19-24-25-20(23)26-19/h6,8,12,14,18H,5,7,9-11,13H2,1-4H3,(H2,23,25)/t18-,21+,22+/m0/s1. The van der Waals surface area contributed by atoms with Crippen LogP contribution in [0.15, 0.2) is 18.2 Å². The molecular formula is C22H31N3S. The average molecular weight is 370 g/mol. The Morgan fingerprint density at radius 2 is 2.04 bits per heavy atom. The fourth-order valence-electron chi connectivity index (χ4n) is 5.90. The summed E-state index contributed by atoms with van der Waals surface area (Å²) in [7, 11) is 0. The normalized spacial score (nSPS) is 30.9. The molecule has 2 N–H and O–H groups in total. The first kappa shape index (κ1) is 18.0. The van der Waals surface area contributed by atoms with Crippen molar-refractivity contribution < 1.29 is 0 Å². The molecule has 1 saturated carbocycles. The molecule has 0 aliphatic heterocycles. The van der Waals surface area contributed by atoms with Crippen molar-refractivity contribution in [1.29, 1.82) is 0 Å². The van der Waals surface area contributed by atoms with E-state index >= 15 is 0 Å². The lowest BCUT2D eigenvalue weighted by Gasteiger charge is -2.55. The average Bonchev–Trinajstić information content (AvgIpc) is 2.98. The number of nitrogens with two attached hydrogens (primary N) is 1. The van der Waals surface area contributed by atoms with Gasteiger partial charge in [-0.15, -0.1) is 10.2 Å². The van der Waals surface area contributed by atoms with Gasteiger partial charge in [0, 0.05) is 6.42 Å². The van der Waals surface area contributed by atoms with Gasteiger partial charge in [0.1, 0.15) is 5.01 Å². The highest BCUT2D eigenvalue weighted by atomic mass is 32.1. The predicted octanol–water partition coefficient (Wildman–Crippen LogP) is 5.50. The Morgan fingerprint density at radius 1 is 1.23 bits per heavy atom. The minimum Gasteiger partial charge on any atom is -0.374 e. The zero-order valence-electron chi connectivity index (χ0n) is 16.5. The van der Waals surface area contributed by atoms with E-state index in [0.29, 0.717) is 17.0 Å². The number of fused-ring (bicyclic) bond motifs is 3. The Morgan fingerprint density at radius 3 is 2.73 bits per heavy atom. The molecule has 2 aliphatic rings. The van der Waals surface area contributed by atoms with Crippen LogP contribution in [0.3, 0.4) is 0 Å². The molecule has 0 radical (unpaired) electrons. The van der Waals surface area contributed by atoms with E-state index < -0.39 is 0 Å². The topological polar surface area (TPSA) is 51.8 Å². The second-order valence-electron chi connectivity index (χ2n) is 9.30. The van der Waals surface area contributed by atoms with Gasteiger partial charge in [0.15, 0.2) is 0 Å². The fraction of sp³-hybridized carbons (Fsp3) is 0.636. The van der Waals surface area contributed by atoms with Crippen LogP contribution >= 0.6 is 11.3 Å². The van der Waals surface area contributed by atoms with E-state index in [2.05, 4.69) is 56.1 Å². The molecule has 140 valence electrons. The maximum atomic E-state index is 5.83. The summed E-state index contributed by atoms with van der Waals surface area (Å²) in [6.07, 6.45) is 7.40. The van der Waals surface area contributed by atoms with E-state index in [9.17, 15) is 0 Å². The van der Waals surface area contributed by atoms with Gasteiger partial charge in [-0.05, 0) is 65.0 Å². The Labute approximate surface area is 161 Å². The summed E-state index contributed by atoms with van der Waals surface area (Å²) in [6, 6.07) is 7.30. The Balaban J connectivity index is 1.70. The van der Waals surface area contributed by atoms with E-state index in [-0.39, 0.29) is 10.8 Å². The second-order valence-corrected chi connectivity index (χ2v) is 10.4. The summed E-state index contributed by atoms with van der Waals surface area (Å²) in [4.78, 5) is 0. The smallest absolute Gasteiger partial charge is 0.203 e. The van der Waals surface area contributed by atoms with E-state index in [0.717, 1.165) is 11.4 Å². The van der Waals surface area contributed by atoms with Crippen LogP contribution in [0, 0.1) is 11.3 Å². The monoisotopic (exact) mass is 369 g/mol. The number of rotatable bonds is 3. The molecule has 1 fully saturated rings. The van der Waals surface area contributed by atoms with Gasteiger partial charge in [0.05, 0.1) is 0 Å². The quantitative estimate of drug-likeness (QED) is 0.777. The third kappa shape index (κ3) is 2.87. The van der Waals surface area contributed by atoms with Gasteiger partial charge in [-0.25, -0.2) is 0 Å². The van der Waals surface area contributed by atoms with Crippen molar-refractivity contribution in [3.05, 3.63) is 39.9 Å². The number of hydrogen-bond donors (Lipinski definition) is 1. The van der Waals surface area contributed by atoms with Crippen molar-refractivity contribution >= 4 is 16.5 Å². The van der Waals surface area contributed by atoms with E-state index in [1.165, 1.54) is 37.7 Å². The highest BCUT2D eigenvalue weighted by Gasteiger charge is 2.51. The maximum absolute atomic E-state index is 5.83. The van der Waals surface area contributed by atoms with E-state index in [4.69, 9.17) is 5.73 Å². The lowest BCUT2D eigenvalue weighted by molar-refractivity contribution is 0.0257. The van der Waals surface area contributed by atoms with Crippen LogP contribution in [0.2, 0.25) is 0 Å². The zero-order chi connectivity index (χ0) is 18.5. The van der Waals surface area contributed by atoms with Gasteiger partial charge in [-0.1, -0.05) is 63.7 Å². The van der Waals surface area contributed by atoms with Crippen molar-refractivity contribution in [3.63, 3.8) is 0 Å². The van der Waals surface area contributed by atoms with Crippen LogP contribution in [0.1, 0.15) is 81.0 Å². The third-order valence-corrected chi connectivity index (χ3v) is 7.96. The van der Waals surface area contributed by atoms with Gasteiger partial charge in [0.25, 0.3) is 0 Å². The Hall–Kier alpha value is -1.42. The SMILES string of the molecule is CC(C)c1ccc2c(c1)CC[C@H]1[C@@](C)(Cc3nnc(N)s3)CCC[C@]21C. The lowest BCUT2D eigenvalue weighted by atomic mass is 9.49. The third-order valence-electron chi connectivity index (χ3n) is 7.21. The first-order valence-corrected chi connectivity index (χ1v) is 10.8. The van der Waals surface area contributed by atoms with Crippen molar-refractivity contribution in [3.8, 4) is 0 Å². The van der Waals surface area contributed by atoms with Crippen molar-refractivity contribution in [2.45, 2.75) is 77.6 Å². The van der Waals surface area contributed by atoms with Gasteiger partial charge < -0.3 is 5.73 Å². The highest BCUT2D eigenvalue weighted by molar-refractivity contribution is 7.15. The van der Waals surface area contributed by atoms with Crippen molar-refractivity contribution in [2.24, 2.45) is 11.3 Å². The van der Waals surface area contributed by atoms with Gasteiger partial charge in [-0.3, -0.25) is 0 Å². The molecule has 0 saturated heterocycles. The summed E-state index contributed by atoms with van der Waals surface area (Å²) in [5.74, 6) is 1.30. The molecule has 3 atom stereocenters. The second kappa shape index (κ2) is 6.33. The molecule has 0 unspecified atom stereocenters. The van der Waals surface area contributed by atoms with Crippen LogP contribution in [0.4, 0.5) is 5.13 Å². The molecule has 0 bridgehead atoms. The molecule has 26 heavy (non-hydrogen) atoms. The van der Waals surface area contributed by atoms with Gasteiger partial charge in [-0.2, -0.15) is 0 Å². The largest absolute Gasteiger partial charge is 0.374 e. The predicted molar refractivity (Wildman–Crippen MR) is 110 cm³/mol. The summed E-state index contributed by atoms with van der Waals surface area (Å²) >= 11 is 1.56. The molecule has 0 spiro atoms. The van der Waals surface area contributed by atoms with E-state index in [1.807, 2.05) is 0 Å². The molecule has 2 aromatic rings. The van der Waals surface area contributed by atoms with Crippen molar-refractivity contribution in [2.75, 3.05) is 5.73 Å². The molecule has 1 aromatic carbocycles. The molecular weight excluding hydrogens is 338 g/mol. The minimum atomic E-state index is 0.284. The molecule has 2 aliphatic carbocycles. The molecule has 1 aromatic heterocycles. The van der Waals surface area contributed by atoms with Gasteiger partial charge >= 0.3 is 0 Å². The number of benzene rings is 1. The first-order valence-electron chi connectivity index (χ1n) is 10.0. The van der Waals surface area contributed by atoms with E-state index in [1.54, 1.807) is 22.5 Å². The number of nitrogens with zero attached hydrogens (tertiary/aromatic N) is 2. The van der Waals surface area contributed by atoms with Crippen LogP contribution < -0.4 is 5.73 Å². The van der Waals surface area contributed by atoms with Gasteiger partial charge in [0.2, 0.25) is 5.13 Å². The molecule has 3 nitrogen and oxygen atoms in total. The fourth-order valence-corrected chi connectivity index (χ4v) is 6.70. The number of anilines is 1. The molecule has 4 heteroatoms. The van der Waals surface area contributed by atoms with Crippen molar-refractivity contribution in [1.82, 2.24) is 10.2 Å². The van der Waals surface area contributed by atoms with Crippen LogP contribution in [0.5, 0.6) is 0 Å².